The average Bonchev–Trinajstić information content (AvgIpc) is 3.06. The second kappa shape index (κ2) is 9.51. The monoisotopic (exact) mass is 423 g/mol. The van der Waals surface area contributed by atoms with E-state index in [1.807, 2.05) is 11.8 Å². The van der Waals surface area contributed by atoms with Crippen LogP contribution in [0.15, 0.2) is 0 Å². The molecule has 2 saturated heterocycles. The Labute approximate surface area is 169 Å². The van der Waals surface area contributed by atoms with Crippen LogP contribution in [0.25, 0.3) is 0 Å². The molecule has 6 nitrogen and oxygen atoms in total. The van der Waals surface area contributed by atoms with Crippen molar-refractivity contribution < 1.29 is 18.0 Å². The Balaban J connectivity index is 1.48. The fourth-order valence-corrected chi connectivity index (χ4v) is 5.70. The number of thioether (sulfide) groups is 1. The fraction of sp³-hybridized carbons (Fsp3) is 0.944. The summed E-state index contributed by atoms with van der Waals surface area (Å²) in [5.41, 5.74) is 6.61. The summed E-state index contributed by atoms with van der Waals surface area (Å²) >= 11 is 1.88. The summed E-state index contributed by atoms with van der Waals surface area (Å²) in [6.45, 7) is 3.03. The van der Waals surface area contributed by atoms with Crippen molar-refractivity contribution in [1.82, 2.24) is 26.4 Å². The molecule has 162 valence electrons. The van der Waals surface area contributed by atoms with Gasteiger partial charge in [0.2, 0.25) is 5.91 Å². The molecule has 6 atom stereocenters. The summed E-state index contributed by atoms with van der Waals surface area (Å²) in [4.78, 5) is 14.8. The molecule has 5 unspecified atom stereocenters. The van der Waals surface area contributed by atoms with Crippen LogP contribution >= 0.6 is 11.8 Å². The largest absolute Gasteiger partial charge is 0.403 e. The fourth-order valence-electron chi connectivity index (χ4n) is 4.39. The maximum atomic E-state index is 13.0. The Morgan fingerprint density at radius 2 is 1.96 bits per heavy atom. The molecule has 0 aromatic carbocycles. The number of nitrogens with one attached hydrogen (secondary N) is 4. The van der Waals surface area contributed by atoms with Crippen LogP contribution in [0.4, 0.5) is 13.2 Å². The van der Waals surface area contributed by atoms with E-state index in [9.17, 15) is 18.0 Å². The highest BCUT2D eigenvalue weighted by atomic mass is 32.2. The topological polar surface area (TPSA) is 68.4 Å². The van der Waals surface area contributed by atoms with Crippen LogP contribution in [0.3, 0.4) is 0 Å². The number of piperidine rings is 1. The Bertz CT molecular complexity index is 538. The Morgan fingerprint density at radius 1 is 1.21 bits per heavy atom. The molecule has 3 rings (SSSR count). The zero-order valence-electron chi connectivity index (χ0n) is 16.5. The second-order valence-corrected chi connectivity index (χ2v) is 9.77. The number of carbonyl (C=O) groups excluding carboxylic acids is 1. The number of hydrazine groups is 1. The van der Waals surface area contributed by atoms with Crippen molar-refractivity contribution in [3.05, 3.63) is 0 Å². The highest BCUT2D eigenvalue weighted by molar-refractivity contribution is 8.00. The predicted octanol–water partition coefficient (Wildman–Crippen LogP) is 2.14. The van der Waals surface area contributed by atoms with E-state index in [0.717, 1.165) is 32.4 Å². The lowest BCUT2D eigenvalue weighted by Crippen LogP contribution is -2.57. The second-order valence-electron chi connectivity index (χ2n) is 8.31. The Morgan fingerprint density at radius 3 is 2.64 bits per heavy atom. The lowest BCUT2D eigenvalue weighted by Gasteiger charge is -2.36. The number of nitrogens with zero attached hydrogens (tertiary/aromatic N) is 1. The summed E-state index contributed by atoms with van der Waals surface area (Å²) in [5.74, 6) is 0.211. The van der Waals surface area contributed by atoms with Crippen LogP contribution in [0, 0.1) is 5.92 Å². The van der Waals surface area contributed by atoms with Crippen molar-refractivity contribution in [2.45, 2.75) is 86.9 Å². The molecule has 10 heteroatoms. The Kier molecular flexibility index (Phi) is 7.52. The molecule has 0 radical (unpaired) electrons. The van der Waals surface area contributed by atoms with E-state index < -0.39 is 18.3 Å². The molecule has 1 amide bonds. The summed E-state index contributed by atoms with van der Waals surface area (Å²) in [7, 11) is 2.06. The third-order valence-corrected chi connectivity index (χ3v) is 7.67. The van der Waals surface area contributed by atoms with E-state index in [2.05, 4.69) is 40.4 Å². The minimum Gasteiger partial charge on any atom is -0.352 e. The van der Waals surface area contributed by atoms with Crippen molar-refractivity contribution in [3.63, 3.8) is 0 Å². The van der Waals surface area contributed by atoms with Gasteiger partial charge in [-0.1, -0.05) is 13.3 Å². The lowest BCUT2D eigenvalue weighted by atomic mass is 9.83. The van der Waals surface area contributed by atoms with E-state index in [4.69, 9.17) is 0 Å². The molecular weight excluding hydrogens is 391 g/mol. The quantitative estimate of drug-likeness (QED) is 0.543. The highest BCUT2D eigenvalue weighted by Crippen LogP contribution is 2.35. The molecule has 3 fully saturated rings. The molecule has 0 aromatic rings. The predicted molar refractivity (Wildman–Crippen MR) is 104 cm³/mol. The molecule has 0 aromatic heterocycles. The minimum atomic E-state index is -4.29. The van der Waals surface area contributed by atoms with Gasteiger partial charge < -0.3 is 5.32 Å². The van der Waals surface area contributed by atoms with Crippen LogP contribution in [-0.2, 0) is 4.79 Å². The van der Waals surface area contributed by atoms with Gasteiger partial charge in [0.1, 0.15) is 11.5 Å². The van der Waals surface area contributed by atoms with Gasteiger partial charge in [-0.3, -0.25) is 15.0 Å². The van der Waals surface area contributed by atoms with Crippen molar-refractivity contribution >= 4 is 17.7 Å². The first-order chi connectivity index (χ1) is 13.2. The average molecular weight is 424 g/mol. The third-order valence-electron chi connectivity index (χ3n) is 6.12. The van der Waals surface area contributed by atoms with Gasteiger partial charge >= 0.3 is 6.18 Å². The Hall–Kier alpha value is -0.550. The van der Waals surface area contributed by atoms with Crippen molar-refractivity contribution in [2.75, 3.05) is 13.7 Å². The van der Waals surface area contributed by atoms with Gasteiger partial charge in [0.15, 0.2) is 0 Å². The van der Waals surface area contributed by atoms with Crippen molar-refractivity contribution in [1.29, 1.82) is 0 Å². The van der Waals surface area contributed by atoms with Gasteiger partial charge in [-0.2, -0.15) is 13.2 Å². The molecule has 4 N–H and O–H groups in total. The first-order valence-electron chi connectivity index (χ1n) is 10.2. The smallest absolute Gasteiger partial charge is 0.352 e. The number of rotatable bonds is 5. The van der Waals surface area contributed by atoms with Crippen LogP contribution in [0.1, 0.15) is 51.9 Å². The van der Waals surface area contributed by atoms with E-state index in [1.54, 1.807) is 0 Å². The first kappa shape index (κ1) is 22.1. The summed E-state index contributed by atoms with van der Waals surface area (Å²) in [6.07, 6.45) is 0.596. The van der Waals surface area contributed by atoms with Crippen LogP contribution < -0.4 is 21.5 Å². The maximum Gasteiger partial charge on any atom is 0.403 e. The number of alkyl halides is 3. The third kappa shape index (κ3) is 5.75. The molecule has 0 spiro atoms. The van der Waals surface area contributed by atoms with Crippen molar-refractivity contribution in [3.8, 4) is 0 Å². The highest BCUT2D eigenvalue weighted by Gasteiger charge is 2.43. The van der Waals surface area contributed by atoms with Gasteiger partial charge in [-0.05, 0) is 51.5 Å². The number of halogens is 3. The molecule has 3 aliphatic rings. The van der Waals surface area contributed by atoms with E-state index in [1.165, 1.54) is 0 Å². The SMILES string of the molecule is C[C@@H](SC1NNCN1C)C1CCCC(NC(=O)C2CCCC(C(F)(F)F)N2)C1. The van der Waals surface area contributed by atoms with Gasteiger partial charge in [0, 0.05) is 11.3 Å². The maximum absolute atomic E-state index is 13.0. The summed E-state index contributed by atoms with van der Waals surface area (Å²) in [5, 5.41) is 5.97. The van der Waals surface area contributed by atoms with Gasteiger partial charge in [-0.25, -0.2) is 10.9 Å². The standard InChI is InChI=1S/C18H32F3N5OS/c1-11(28-17-25-22-10-26(17)2)12-5-3-6-13(9-12)23-16(27)14-7-4-8-15(24-14)18(19,20)21/h11-15,17,22,24-25H,3-10H2,1-2H3,(H,23,27)/t11-,12?,13?,14?,15?,17?/m1/s1. The first-order valence-corrected chi connectivity index (χ1v) is 11.2. The van der Waals surface area contributed by atoms with Crippen LogP contribution in [0.5, 0.6) is 0 Å². The zero-order valence-corrected chi connectivity index (χ0v) is 17.3. The molecule has 1 saturated carbocycles. The van der Waals surface area contributed by atoms with Gasteiger partial charge in [0.25, 0.3) is 0 Å². The van der Waals surface area contributed by atoms with Crippen LogP contribution in [0.2, 0.25) is 0 Å². The molecule has 2 heterocycles. The number of carbonyl (C=O) groups is 1. The zero-order chi connectivity index (χ0) is 20.3. The van der Waals surface area contributed by atoms with Gasteiger partial charge in [0.05, 0.1) is 12.7 Å². The van der Waals surface area contributed by atoms with E-state index >= 15 is 0 Å². The number of amides is 1. The minimum absolute atomic E-state index is 0.0476. The van der Waals surface area contributed by atoms with Gasteiger partial charge in [-0.15, -0.1) is 11.8 Å². The normalized spacial score (nSPS) is 36.2. The van der Waals surface area contributed by atoms with E-state index in [0.29, 0.717) is 24.0 Å². The molecule has 0 bridgehead atoms. The summed E-state index contributed by atoms with van der Waals surface area (Å²) in [6, 6.07) is -2.26. The molecular formula is C18H32F3N5OS. The molecule has 1 aliphatic carbocycles. The van der Waals surface area contributed by atoms with Crippen LogP contribution in [-0.4, -0.2) is 59.6 Å². The molecule has 28 heavy (non-hydrogen) atoms. The number of hydrogen-bond donors (Lipinski definition) is 4. The molecule has 2 aliphatic heterocycles. The summed E-state index contributed by atoms with van der Waals surface area (Å²) < 4.78 is 38.9. The van der Waals surface area contributed by atoms with Crippen molar-refractivity contribution in [2.24, 2.45) is 5.92 Å². The lowest BCUT2D eigenvalue weighted by molar-refractivity contribution is -0.164. The number of hydrogen-bond acceptors (Lipinski definition) is 6. The van der Waals surface area contributed by atoms with E-state index in [-0.39, 0.29) is 23.9 Å².